The van der Waals surface area contributed by atoms with Gasteiger partial charge in [0.15, 0.2) is 22.7 Å². The van der Waals surface area contributed by atoms with Gasteiger partial charge in [0, 0.05) is 12.6 Å². The Morgan fingerprint density at radius 1 is 1.38 bits per heavy atom. The van der Waals surface area contributed by atoms with E-state index in [2.05, 4.69) is 0 Å². The van der Waals surface area contributed by atoms with E-state index in [0.29, 0.717) is 25.0 Å². The second-order valence-electron chi connectivity index (χ2n) is 6.81. The number of carbonyl (C=O) groups is 2. The maximum Gasteiger partial charge on any atom is 0.260 e. The van der Waals surface area contributed by atoms with Gasteiger partial charge < -0.3 is 14.4 Å². The molecule has 26 heavy (non-hydrogen) atoms. The summed E-state index contributed by atoms with van der Waals surface area (Å²) in [5.41, 5.74) is 0.288. The van der Waals surface area contributed by atoms with Crippen LogP contribution in [0, 0.1) is 5.92 Å². The molecule has 1 fully saturated rings. The fraction of sp³-hybridized carbons (Fsp3) is 0.556. The van der Waals surface area contributed by atoms with Crippen LogP contribution in [0.1, 0.15) is 30.6 Å². The highest BCUT2D eigenvalue weighted by atomic mass is 32.2. The van der Waals surface area contributed by atoms with Crippen LogP contribution < -0.4 is 9.47 Å². The molecule has 1 aromatic carbocycles. The molecule has 0 N–H and O–H groups in total. The van der Waals surface area contributed by atoms with E-state index < -0.39 is 9.84 Å². The third-order valence-corrected chi connectivity index (χ3v) is 5.98. The molecular weight excluding hydrogens is 358 g/mol. The molecule has 8 heteroatoms. The van der Waals surface area contributed by atoms with Crippen molar-refractivity contribution in [1.82, 2.24) is 4.90 Å². The minimum absolute atomic E-state index is 0.00637. The highest BCUT2D eigenvalue weighted by molar-refractivity contribution is 7.91. The van der Waals surface area contributed by atoms with Crippen LogP contribution in [-0.4, -0.2) is 63.3 Å². The summed E-state index contributed by atoms with van der Waals surface area (Å²) in [6, 6.07) is 4.42. The fourth-order valence-electron chi connectivity index (χ4n) is 2.97. The van der Waals surface area contributed by atoms with E-state index >= 15 is 0 Å². The third kappa shape index (κ3) is 5.20. The smallest absolute Gasteiger partial charge is 0.260 e. The van der Waals surface area contributed by atoms with Crippen LogP contribution in [0.3, 0.4) is 0 Å². The number of carbonyl (C=O) groups excluding carboxylic acids is 2. The van der Waals surface area contributed by atoms with E-state index in [4.69, 9.17) is 9.47 Å². The summed E-state index contributed by atoms with van der Waals surface area (Å²) in [6.07, 6.45) is 1.08. The van der Waals surface area contributed by atoms with Crippen LogP contribution in [0.5, 0.6) is 11.5 Å². The summed E-state index contributed by atoms with van der Waals surface area (Å²) >= 11 is 0. The summed E-state index contributed by atoms with van der Waals surface area (Å²) in [6.45, 7) is 4.15. The van der Waals surface area contributed by atoms with Crippen molar-refractivity contribution < 1.29 is 27.5 Å². The number of rotatable bonds is 8. The minimum atomic E-state index is -3.09. The average molecular weight is 383 g/mol. The zero-order valence-corrected chi connectivity index (χ0v) is 16.1. The number of ether oxygens (including phenoxy) is 2. The van der Waals surface area contributed by atoms with Crippen LogP contribution in [0.2, 0.25) is 0 Å². The Hall–Kier alpha value is -2.09. The first-order chi connectivity index (χ1) is 12.3. The highest BCUT2D eigenvalue weighted by Crippen LogP contribution is 2.23. The first-order valence-electron chi connectivity index (χ1n) is 8.51. The summed E-state index contributed by atoms with van der Waals surface area (Å²) in [4.78, 5) is 25.5. The molecule has 1 heterocycles. The molecule has 0 aromatic heterocycles. The second-order valence-corrected chi connectivity index (χ2v) is 9.04. The number of benzene rings is 1. The molecule has 0 aliphatic carbocycles. The first kappa shape index (κ1) is 20.2. The molecule has 144 valence electrons. The summed E-state index contributed by atoms with van der Waals surface area (Å²) in [5.74, 6) is 0.824. The van der Waals surface area contributed by atoms with E-state index in [-0.39, 0.29) is 47.3 Å². The molecular formula is C18H25NO6S. The number of nitrogens with zero attached hydrogens (tertiary/aromatic N) is 1. The maximum atomic E-state index is 12.7. The Labute approximate surface area is 154 Å². The number of hydrogen-bond donors (Lipinski definition) is 0. The van der Waals surface area contributed by atoms with E-state index in [1.54, 1.807) is 17.0 Å². The van der Waals surface area contributed by atoms with E-state index in [9.17, 15) is 18.0 Å². The van der Waals surface area contributed by atoms with Crippen molar-refractivity contribution >= 4 is 22.0 Å². The zero-order valence-electron chi connectivity index (χ0n) is 15.3. The Morgan fingerprint density at radius 3 is 2.65 bits per heavy atom. The molecule has 2 rings (SSSR count). The summed E-state index contributed by atoms with van der Waals surface area (Å²) in [7, 11) is -1.60. The second kappa shape index (κ2) is 8.53. The molecule has 1 atom stereocenters. The van der Waals surface area contributed by atoms with Crippen molar-refractivity contribution in [2.24, 2.45) is 5.92 Å². The molecule has 0 spiro atoms. The first-order valence-corrected chi connectivity index (χ1v) is 10.3. The SMILES string of the molecule is COc1ccc(OCC(=O)N(CC(C)C)[C@H]2CCS(=O)(=O)C2)c(C=O)c1. The van der Waals surface area contributed by atoms with Gasteiger partial charge in [-0.2, -0.15) is 0 Å². The Morgan fingerprint density at radius 2 is 2.12 bits per heavy atom. The van der Waals surface area contributed by atoms with Gasteiger partial charge in [-0.05, 0) is 30.5 Å². The third-order valence-electron chi connectivity index (χ3n) is 4.23. The molecule has 0 bridgehead atoms. The van der Waals surface area contributed by atoms with E-state index in [1.807, 2.05) is 13.8 Å². The van der Waals surface area contributed by atoms with Crippen molar-refractivity contribution in [3.8, 4) is 11.5 Å². The molecule has 0 unspecified atom stereocenters. The van der Waals surface area contributed by atoms with Crippen molar-refractivity contribution in [2.45, 2.75) is 26.3 Å². The van der Waals surface area contributed by atoms with Crippen LogP contribution >= 0.6 is 0 Å². The molecule has 1 aliphatic rings. The van der Waals surface area contributed by atoms with Crippen LogP contribution in [0.15, 0.2) is 18.2 Å². The normalized spacial score (nSPS) is 18.5. The number of sulfone groups is 1. The van der Waals surface area contributed by atoms with Gasteiger partial charge in [0.25, 0.3) is 5.91 Å². The van der Waals surface area contributed by atoms with Crippen LogP contribution in [0.4, 0.5) is 0 Å². The summed E-state index contributed by atoms with van der Waals surface area (Å²) in [5, 5.41) is 0. The highest BCUT2D eigenvalue weighted by Gasteiger charge is 2.35. The predicted octanol–water partition coefficient (Wildman–Crippen LogP) is 1.56. The van der Waals surface area contributed by atoms with E-state index in [0.717, 1.165) is 0 Å². The Balaban J connectivity index is 2.09. The average Bonchev–Trinajstić information content (AvgIpc) is 2.96. The van der Waals surface area contributed by atoms with Gasteiger partial charge >= 0.3 is 0 Å². The topological polar surface area (TPSA) is 90.0 Å². The van der Waals surface area contributed by atoms with Crippen LogP contribution in [0.25, 0.3) is 0 Å². The Kier molecular flexibility index (Phi) is 6.63. The lowest BCUT2D eigenvalue weighted by atomic mass is 10.1. The molecule has 1 aliphatic heterocycles. The van der Waals surface area contributed by atoms with Gasteiger partial charge in [-0.25, -0.2) is 8.42 Å². The van der Waals surface area contributed by atoms with Gasteiger partial charge in [-0.15, -0.1) is 0 Å². The number of methoxy groups -OCH3 is 1. The quantitative estimate of drug-likeness (QED) is 0.633. The molecule has 1 saturated heterocycles. The van der Waals surface area contributed by atoms with Crippen molar-refractivity contribution in [2.75, 3.05) is 31.8 Å². The minimum Gasteiger partial charge on any atom is -0.497 e. The fourth-order valence-corrected chi connectivity index (χ4v) is 4.70. The summed E-state index contributed by atoms with van der Waals surface area (Å²) < 4.78 is 34.1. The van der Waals surface area contributed by atoms with Gasteiger partial charge in [-0.3, -0.25) is 9.59 Å². The van der Waals surface area contributed by atoms with Crippen molar-refractivity contribution in [1.29, 1.82) is 0 Å². The number of aldehydes is 1. The Bertz CT molecular complexity index is 759. The predicted molar refractivity (Wildman–Crippen MR) is 97.5 cm³/mol. The molecule has 1 aromatic rings. The van der Waals surface area contributed by atoms with Gasteiger partial charge in [0.05, 0.1) is 24.2 Å². The standard InChI is InChI=1S/C18H25NO6S/c1-13(2)9-19(15-6-7-26(22,23)12-15)18(21)11-25-17-5-4-16(24-3)8-14(17)10-20/h4-5,8,10,13,15H,6-7,9,11-12H2,1-3H3/t15-/m0/s1. The molecule has 7 nitrogen and oxygen atoms in total. The molecule has 0 radical (unpaired) electrons. The van der Waals surface area contributed by atoms with Crippen LogP contribution in [-0.2, 0) is 14.6 Å². The lowest BCUT2D eigenvalue weighted by Gasteiger charge is -2.30. The lowest BCUT2D eigenvalue weighted by molar-refractivity contribution is -0.135. The van der Waals surface area contributed by atoms with Gasteiger partial charge in [-0.1, -0.05) is 13.8 Å². The van der Waals surface area contributed by atoms with Crippen molar-refractivity contribution in [3.05, 3.63) is 23.8 Å². The monoisotopic (exact) mass is 383 g/mol. The molecule has 0 saturated carbocycles. The van der Waals surface area contributed by atoms with Gasteiger partial charge in [0.1, 0.15) is 11.5 Å². The lowest BCUT2D eigenvalue weighted by Crippen LogP contribution is -2.45. The largest absolute Gasteiger partial charge is 0.497 e. The van der Waals surface area contributed by atoms with Gasteiger partial charge in [0.2, 0.25) is 0 Å². The van der Waals surface area contributed by atoms with E-state index in [1.165, 1.54) is 13.2 Å². The zero-order chi connectivity index (χ0) is 19.3. The van der Waals surface area contributed by atoms with Crippen molar-refractivity contribution in [3.63, 3.8) is 0 Å². The maximum absolute atomic E-state index is 12.7. The number of hydrogen-bond acceptors (Lipinski definition) is 6. The molecule has 1 amide bonds. The number of amides is 1.